The van der Waals surface area contributed by atoms with E-state index < -0.39 is 0 Å². The normalized spacial score (nSPS) is 10.6. The molecule has 104 valence electrons. The first kappa shape index (κ1) is 13.4. The number of hydrogen-bond acceptors (Lipinski definition) is 2. The third-order valence-electron chi connectivity index (χ3n) is 3.63. The van der Waals surface area contributed by atoms with Gasteiger partial charge in [0.1, 0.15) is 5.82 Å². The molecule has 0 bridgehead atoms. The fourth-order valence-corrected chi connectivity index (χ4v) is 2.60. The third-order valence-corrected chi connectivity index (χ3v) is 3.63. The molecule has 2 heteroatoms. The van der Waals surface area contributed by atoms with E-state index in [2.05, 4.69) is 65.5 Å². The van der Waals surface area contributed by atoms with Gasteiger partial charge in [-0.1, -0.05) is 66.7 Å². The van der Waals surface area contributed by atoms with Gasteiger partial charge in [0.2, 0.25) is 0 Å². The predicted molar refractivity (Wildman–Crippen MR) is 87.4 cm³/mol. The highest BCUT2D eigenvalue weighted by Gasteiger charge is 2.19. The number of nitrogens with zero attached hydrogens (tertiary/aromatic N) is 2. The van der Waals surface area contributed by atoms with Crippen LogP contribution in [0.15, 0.2) is 85.1 Å². The largest absolute Gasteiger partial charge is 0.349 e. The van der Waals surface area contributed by atoms with Crippen molar-refractivity contribution in [2.45, 2.75) is 6.04 Å². The summed E-state index contributed by atoms with van der Waals surface area (Å²) in [6.45, 7) is 0. The van der Waals surface area contributed by atoms with Crippen LogP contribution in [0.2, 0.25) is 0 Å². The first-order valence-corrected chi connectivity index (χ1v) is 7.10. The Balaban J connectivity index is 2.05. The molecule has 21 heavy (non-hydrogen) atoms. The van der Waals surface area contributed by atoms with Crippen molar-refractivity contribution in [3.8, 4) is 0 Å². The number of pyridine rings is 1. The maximum atomic E-state index is 4.48. The highest BCUT2D eigenvalue weighted by atomic mass is 15.2. The molecule has 1 heterocycles. The number of rotatable bonds is 4. The second-order valence-electron chi connectivity index (χ2n) is 5.02. The zero-order chi connectivity index (χ0) is 14.5. The van der Waals surface area contributed by atoms with Gasteiger partial charge >= 0.3 is 0 Å². The molecule has 0 aliphatic carbocycles. The second kappa shape index (κ2) is 6.23. The van der Waals surface area contributed by atoms with Crippen molar-refractivity contribution >= 4 is 5.82 Å². The molecule has 0 unspecified atom stereocenters. The van der Waals surface area contributed by atoms with Crippen LogP contribution in [0.4, 0.5) is 5.82 Å². The van der Waals surface area contributed by atoms with Crippen LogP contribution >= 0.6 is 0 Å². The van der Waals surface area contributed by atoms with Crippen molar-refractivity contribution in [1.82, 2.24) is 4.98 Å². The molecule has 0 spiro atoms. The molecule has 0 saturated heterocycles. The zero-order valence-electron chi connectivity index (χ0n) is 12.1. The van der Waals surface area contributed by atoms with Crippen LogP contribution in [0.1, 0.15) is 17.2 Å². The second-order valence-corrected chi connectivity index (χ2v) is 5.02. The minimum Gasteiger partial charge on any atom is -0.349 e. The van der Waals surface area contributed by atoms with Gasteiger partial charge in [0.25, 0.3) is 0 Å². The smallest absolute Gasteiger partial charge is 0.128 e. The molecule has 0 fully saturated rings. The van der Waals surface area contributed by atoms with Crippen molar-refractivity contribution in [2.24, 2.45) is 0 Å². The lowest BCUT2D eigenvalue weighted by molar-refractivity contribution is 0.769. The Hall–Kier alpha value is -2.61. The Bertz CT molecular complexity index is 626. The molecule has 0 N–H and O–H groups in total. The van der Waals surface area contributed by atoms with Gasteiger partial charge in [-0.15, -0.1) is 0 Å². The Morgan fingerprint density at radius 1 is 0.714 bits per heavy atom. The molecular weight excluding hydrogens is 256 g/mol. The molecule has 0 atom stereocenters. The average molecular weight is 274 g/mol. The van der Waals surface area contributed by atoms with Gasteiger partial charge in [-0.2, -0.15) is 0 Å². The maximum absolute atomic E-state index is 4.48. The summed E-state index contributed by atoms with van der Waals surface area (Å²) in [4.78, 5) is 6.69. The van der Waals surface area contributed by atoms with Crippen LogP contribution in [0.3, 0.4) is 0 Å². The van der Waals surface area contributed by atoms with E-state index in [9.17, 15) is 0 Å². The summed E-state index contributed by atoms with van der Waals surface area (Å²) in [7, 11) is 2.09. The van der Waals surface area contributed by atoms with Crippen LogP contribution in [0.5, 0.6) is 0 Å². The van der Waals surface area contributed by atoms with Crippen LogP contribution < -0.4 is 4.90 Å². The predicted octanol–water partition coefficient (Wildman–Crippen LogP) is 4.31. The van der Waals surface area contributed by atoms with Crippen LogP contribution in [-0.4, -0.2) is 12.0 Å². The van der Waals surface area contributed by atoms with E-state index in [1.165, 1.54) is 11.1 Å². The van der Waals surface area contributed by atoms with Gasteiger partial charge in [0, 0.05) is 13.2 Å². The summed E-state index contributed by atoms with van der Waals surface area (Å²) in [6, 6.07) is 27.2. The highest BCUT2D eigenvalue weighted by Crippen LogP contribution is 2.30. The van der Waals surface area contributed by atoms with E-state index in [0.717, 1.165) is 5.82 Å². The quantitative estimate of drug-likeness (QED) is 0.705. The topological polar surface area (TPSA) is 16.1 Å². The monoisotopic (exact) mass is 274 g/mol. The zero-order valence-corrected chi connectivity index (χ0v) is 12.1. The standard InChI is InChI=1S/C19H18N2/c1-21(18-14-8-9-15-20-18)19(16-10-4-2-5-11-16)17-12-6-3-7-13-17/h2-15,19H,1H3. The van der Waals surface area contributed by atoms with Crippen molar-refractivity contribution in [1.29, 1.82) is 0 Å². The summed E-state index contributed by atoms with van der Waals surface area (Å²) in [5, 5.41) is 0. The average Bonchev–Trinajstić information content (AvgIpc) is 2.58. The molecule has 0 aliphatic heterocycles. The van der Waals surface area contributed by atoms with E-state index in [4.69, 9.17) is 0 Å². The first-order chi connectivity index (χ1) is 10.4. The molecule has 0 aliphatic rings. The molecule has 0 amide bonds. The van der Waals surface area contributed by atoms with Crippen molar-refractivity contribution in [2.75, 3.05) is 11.9 Å². The summed E-state index contributed by atoms with van der Waals surface area (Å²) >= 11 is 0. The number of hydrogen-bond donors (Lipinski definition) is 0. The molecule has 3 rings (SSSR count). The fourth-order valence-electron chi connectivity index (χ4n) is 2.60. The van der Waals surface area contributed by atoms with E-state index in [-0.39, 0.29) is 6.04 Å². The van der Waals surface area contributed by atoms with Crippen molar-refractivity contribution in [3.05, 3.63) is 96.2 Å². The van der Waals surface area contributed by atoms with E-state index in [1.807, 2.05) is 36.5 Å². The van der Waals surface area contributed by atoms with Crippen LogP contribution in [0, 0.1) is 0 Å². The number of benzene rings is 2. The molecule has 1 aromatic heterocycles. The number of aromatic nitrogens is 1. The van der Waals surface area contributed by atoms with Crippen LogP contribution in [-0.2, 0) is 0 Å². The Labute approximate surface area is 125 Å². The van der Waals surface area contributed by atoms with Gasteiger partial charge in [-0.25, -0.2) is 4.98 Å². The van der Waals surface area contributed by atoms with Gasteiger partial charge < -0.3 is 4.90 Å². The minimum absolute atomic E-state index is 0.155. The molecule has 2 nitrogen and oxygen atoms in total. The lowest BCUT2D eigenvalue weighted by Crippen LogP contribution is -2.25. The van der Waals surface area contributed by atoms with Crippen molar-refractivity contribution in [3.63, 3.8) is 0 Å². The van der Waals surface area contributed by atoms with Gasteiger partial charge in [-0.3, -0.25) is 0 Å². The molecule has 0 saturated carbocycles. The summed E-state index contributed by atoms with van der Waals surface area (Å²) < 4.78 is 0. The maximum Gasteiger partial charge on any atom is 0.128 e. The highest BCUT2D eigenvalue weighted by molar-refractivity contribution is 5.46. The summed E-state index contributed by atoms with van der Waals surface area (Å²) in [5.74, 6) is 0.968. The van der Waals surface area contributed by atoms with Gasteiger partial charge in [0.05, 0.1) is 6.04 Å². The SMILES string of the molecule is CN(c1ccccn1)C(c1ccccc1)c1ccccc1. The Morgan fingerprint density at radius 2 is 1.24 bits per heavy atom. The Morgan fingerprint density at radius 3 is 1.71 bits per heavy atom. The molecular formula is C19H18N2. The van der Waals surface area contributed by atoms with Gasteiger partial charge in [-0.05, 0) is 23.3 Å². The van der Waals surface area contributed by atoms with Gasteiger partial charge in [0.15, 0.2) is 0 Å². The molecule has 2 aromatic carbocycles. The summed E-state index contributed by atoms with van der Waals surface area (Å²) in [6.07, 6.45) is 1.83. The van der Waals surface area contributed by atoms with E-state index in [1.54, 1.807) is 0 Å². The third kappa shape index (κ3) is 2.95. The fraction of sp³-hybridized carbons (Fsp3) is 0.105. The van der Waals surface area contributed by atoms with E-state index >= 15 is 0 Å². The number of anilines is 1. The van der Waals surface area contributed by atoms with Crippen molar-refractivity contribution < 1.29 is 0 Å². The Kier molecular flexibility index (Phi) is 3.97. The lowest BCUT2D eigenvalue weighted by Gasteiger charge is -2.30. The summed E-state index contributed by atoms with van der Waals surface area (Å²) in [5.41, 5.74) is 2.52. The van der Waals surface area contributed by atoms with Crippen LogP contribution in [0.25, 0.3) is 0 Å². The lowest BCUT2D eigenvalue weighted by atomic mass is 9.97. The molecule has 0 radical (unpaired) electrons. The minimum atomic E-state index is 0.155. The van der Waals surface area contributed by atoms with E-state index in [0.29, 0.717) is 0 Å². The molecule has 3 aromatic rings. The first-order valence-electron chi connectivity index (χ1n) is 7.10.